The van der Waals surface area contributed by atoms with Crippen LogP contribution in [0.3, 0.4) is 0 Å². The third-order valence-electron chi connectivity index (χ3n) is 21.3. The molecular weight excluding hydrogens is 1400 g/mol. The van der Waals surface area contributed by atoms with Gasteiger partial charge in [-0.05, 0) is 37.5 Å². The van der Waals surface area contributed by atoms with Crippen LogP contribution < -0.4 is 0 Å². The van der Waals surface area contributed by atoms with Crippen molar-refractivity contribution in [2.45, 2.75) is 496 Å². The van der Waals surface area contributed by atoms with Crippen molar-refractivity contribution >= 4 is 39.5 Å². The Labute approximate surface area is 664 Å². The normalized spacial score (nSPS) is 14.0. The number of rotatable bonds is 88. The third kappa shape index (κ3) is 80.7. The van der Waals surface area contributed by atoms with Gasteiger partial charge in [0.15, 0.2) is 12.2 Å². The summed E-state index contributed by atoms with van der Waals surface area (Å²) >= 11 is 0. The first-order chi connectivity index (χ1) is 52.4. The highest BCUT2D eigenvalue weighted by Gasteiger charge is 2.31. The van der Waals surface area contributed by atoms with Crippen molar-refractivity contribution in [1.82, 2.24) is 0 Å². The fourth-order valence-electron chi connectivity index (χ4n) is 13.9. The largest absolute Gasteiger partial charge is 0.472 e. The van der Waals surface area contributed by atoms with Gasteiger partial charge in [-0.15, -0.1) is 0 Å². The van der Waals surface area contributed by atoms with Crippen molar-refractivity contribution in [3.63, 3.8) is 0 Å². The van der Waals surface area contributed by atoms with Crippen molar-refractivity contribution in [3.8, 4) is 0 Å². The van der Waals surface area contributed by atoms with Gasteiger partial charge in [0.2, 0.25) is 0 Å². The zero-order valence-electron chi connectivity index (χ0n) is 71.2. The number of aliphatic hydroxyl groups is 1. The highest BCUT2D eigenvalue weighted by molar-refractivity contribution is 7.47. The lowest BCUT2D eigenvalue weighted by molar-refractivity contribution is -0.161. The minimum absolute atomic E-state index is 0.107. The Morgan fingerprint density at radius 3 is 0.704 bits per heavy atom. The highest BCUT2D eigenvalue weighted by atomic mass is 31.2. The molecule has 0 bridgehead atoms. The van der Waals surface area contributed by atoms with Gasteiger partial charge in [-0.1, -0.05) is 427 Å². The van der Waals surface area contributed by atoms with Gasteiger partial charge < -0.3 is 33.8 Å². The molecule has 0 amide bonds. The van der Waals surface area contributed by atoms with Crippen LogP contribution in [0.5, 0.6) is 0 Å². The van der Waals surface area contributed by atoms with E-state index in [2.05, 4.69) is 41.5 Å². The van der Waals surface area contributed by atoms with Crippen molar-refractivity contribution < 1.29 is 80.2 Å². The lowest BCUT2D eigenvalue weighted by atomic mass is 9.99. The quantitative estimate of drug-likeness (QED) is 0.0222. The molecule has 0 saturated heterocycles. The molecule has 0 radical (unpaired) electrons. The van der Waals surface area contributed by atoms with Crippen LogP contribution in [0.15, 0.2) is 0 Å². The SMILES string of the molecule is CCCCCCCCCCCCCCCCCCCCCCCC(=O)OC[C@H](COP(=O)(O)OC[C@@H](O)COP(=O)(O)OC[C@@H](COC(=O)CCCCCCCCCCCCC)OC(=O)CCCCCCCCCCCCCC(C)C)OC(=O)CCCCCCCCCCCCCCCCCCCCC(C)CC. The molecule has 3 N–H and O–H groups in total. The van der Waals surface area contributed by atoms with Crippen LogP contribution in [-0.2, 0) is 65.4 Å². The summed E-state index contributed by atoms with van der Waals surface area (Å²) in [6.45, 7) is 9.75. The minimum atomic E-state index is -4.97. The lowest BCUT2D eigenvalue weighted by Gasteiger charge is -2.21. The number of hydrogen-bond acceptors (Lipinski definition) is 15. The van der Waals surface area contributed by atoms with Crippen LogP contribution >= 0.6 is 15.6 Å². The lowest BCUT2D eigenvalue weighted by Crippen LogP contribution is -2.30. The predicted octanol–water partition coefficient (Wildman–Crippen LogP) is 27.4. The molecule has 6 atom stereocenters. The summed E-state index contributed by atoms with van der Waals surface area (Å²) in [5.74, 6) is -0.463. The molecule has 0 aliphatic carbocycles. The average molecular weight is 1580 g/mol. The van der Waals surface area contributed by atoms with E-state index < -0.39 is 97.5 Å². The van der Waals surface area contributed by atoms with E-state index in [4.69, 9.17) is 37.0 Å². The van der Waals surface area contributed by atoms with E-state index in [1.54, 1.807) is 0 Å². The maximum absolute atomic E-state index is 13.2. The molecule has 0 rings (SSSR count). The summed E-state index contributed by atoms with van der Waals surface area (Å²) in [6, 6.07) is 0. The Kier molecular flexibility index (Phi) is 78.8. The van der Waals surface area contributed by atoms with Gasteiger partial charge in [0.25, 0.3) is 0 Å². The van der Waals surface area contributed by atoms with E-state index >= 15 is 0 Å². The number of carbonyl (C=O) groups excluding carboxylic acids is 4. The first-order valence-electron chi connectivity index (χ1n) is 46.0. The van der Waals surface area contributed by atoms with E-state index in [1.165, 1.54) is 295 Å². The summed E-state index contributed by atoms with van der Waals surface area (Å²) < 4.78 is 69.0. The molecule has 3 unspecified atom stereocenters. The Balaban J connectivity index is 5.22. The molecule has 0 fully saturated rings. The molecule has 0 aliphatic heterocycles. The van der Waals surface area contributed by atoms with Crippen molar-refractivity contribution in [2.24, 2.45) is 11.8 Å². The monoisotopic (exact) mass is 1580 g/mol. The van der Waals surface area contributed by atoms with Crippen LogP contribution in [0, 0.1) is 11.8 Å². The van der Waals surface area contributed by atoms with Gasteiger partial charge in [-0.25, -0.2) is 9.13 Å². The highest BCUT2D eigenvalue weighted by Crippen LogP contribution is 2.45. The fourth-order valence-corrected chi connectivity index (χ4v) is 15.5. The molecule has 0 aromatic carbocycles. The maximum Gasteiger partial charge on any atom is 0.472 e. The van der Waals surface area contributed by atoms with E-state index in [9.17, 15) is 43.2 Å². The Bertz CT molecular complexity index is 2070. The first kappa shape index (κ1) is 106. The van der Waals surface area contributed by atoms with Crippen LogP contribution in [0.4, 0.5) is 0 Å². The Morgan fingerprint density at radius 2 is 0.472 bits per heavy atom. The van der Waals surface area contributed by atoms with Crippen LogP contribution in [-0.4, -0.2) is 96.7 Å². The fraction of sp³-hybridized carbons (Fsp3) is 0.955. The van der Waals surface area contributed by atoms with E-state index in [0.717, 1.165) is 102 Å². The number of phosphoric ester groups is 2. The van der Waals surface area contributed by atoms with Gasteiger partial charge >= 0.3 is 39.5 Å². The summed E-state index contributed by atoms with van der Waals surface area (Å²) in [7, 11) is -9.93. The second-order valence-corrected chi connectivity index (χ2v) is 35.6. The average Bonchev–Trinajstić information content (AvgIpc) is 0.898. The molecular formula is C89H174O17P2. The number of aliphatic hydroxyl groups excluding tert-OH is 1. The number of unbranched alkanes of at least 4 members (excludes halogenated alkanes) is 57. The van der Waals surface area contributed by atoms with Crippen molar-refractivity contribution in [3.05, 3.63) is 0 Å². The van der Waals surface area contributed by atoms with E-state index in [-0.39, 0.29) is 25.7 Å². The third-order valence-corrected chi connectivity index (χ3v) is 23.2. The van der Waals surface area contributed by atoms with Gasteiger partial charge in [0.05, 0.1) is 26.4 Å². The van der Waals surface area contributed by atoms with Crippen LogP contribution in [0.25, 0.3) is 0 Å². The minimum Gasteiger partial charge on any atom is -0.462 e. The summed E-state index contributed by atoms with van der Waals surface area (Å²) in [4.78, 5) is 73.3. The van der Waals surface area contributed by atoms with Gasteiger partial charge in [-0.3, -0.25) is 37.3 Å². The number of esters is 4. The van der Waals surface area contributed by atoms with Gasteiger partial charge in [0.1, 0.15) is 19.3 Å². The topological polar surface area (TPSA) is 237 Å². The van der Waals surface area contributed by atoms with Gasteiger partial charge in [0, 0.05) is 25.7 Å². The Hall–Kier alpha value is -1.94. The second kappa shape index (κ2) is 80.3. The molecule has 108 heavy (non-hydrogen) atoms. The molecule has 0 aliphatic rings. The van der Waals surface area contributed by atoms with Gasteiger partial charge in [-0.2, -0.15) is 0 Å². The second-order valence-electron chi connectivity index (χ2n) is 32.7. The zero-order valence-corrected chi connectivity index (χ0v) is 73.0. The molecule has 19 heteroatoms. The van der Waals surface area contributed by atoms with Crippen LogP contribution in [0.2, 0.25) is 0 Å². The molecule has 642 valence electrons. The maximum atomic E-state index is 13.2. The number of phosphoric acid groups is 2. The molecule has 0 heterocycles. The van der Waals surface area contributed by atoms with Crippen molar-refractivity contribution in [1.29, 1.82) is 0 Å². The van der Waals surface area contributed by atoms with Crippen LogP contribution in [0.1, 0.15) is 478 Å². The van der Waals surface area contributed by atoms with E-state index in [0.29, 0.717) is 25.7 Å². The number of hydrogen-bond donors (Lipinski definition) is 3. The molecule has 0 aromatic heterocycles. The molecule has 0 spiro atoms. The first-order valence-corrected chi connectivity index (χ1v) is 49.0. The zero-order chi connectivity index (χ0) is 79.2. The standard InChI is InChI=1S/C89H174O17P2/c1-7-10-12-14-16-18-20-21-22-23-24-25-26-30-33-36-42-48-54-60-66-72-87(92)100-78-85(105-88(93)73-67-61-55-49-43-37-34-31-28-27-29-32-35-41-46-52-58-64-70-82(6)9-3)80-104-108(97,98)102-76-83(90)75-101-107(95,96)103-79-84(77-99-86(91)71-65-59-53-47-39-19-17-15-13-11-8-2)106-89(94)74-68-62-56-50-44-38-40-45-51-57-63-69-81(4)5/h81-85,90H,7-80H2,1-6H3,(H,95,96)(H,97,98)/t82?,83-,84+,85+/m0/s1. The van der Waals surface area contributed by atoms with Crippen molar-refractivity contribution in [2.75, 3.05) is 39.6 Å². The predicted molar refractivity (Wildman–Crippen MR) is 446 cm³/mol. The molecule has 17 nitrogen and oxygen atoms in total. The Morgan fingerprint density at radius 1 is 0.269 bits per heavy atom. The van der Waals surface area contributed by atoms with E-state index in [1.807, 2.05) is 0 Å². The summed E-state index contributed by atoms with van der Waals surface area (Å²) in [6.07, 6.45) is 73.6. The number of carbonyl (C=O) groups is 4. The molecule has 0 aromatic rings. The summed E-state index contributed by atoms with van der Waals surface area (Å²) in [5.41, 5.74) is 0. The summed E-state index contributed by atoms with van der Waals surface area (Å²) in [5, 5.41) is 10.7. The smallest absolute Gasteiger partial charge is 0.462 e. The molecule has 0 saturated carbocycles. The number of ether oxygens (including phenoxy) is 4.